The fourth-order valence-electron chi connectivity index (χ4n) is 3.59. The summed E-state index contributed by atoms with van der Waals surface area (Å²) in [6.07, 6.45) is 0.735. The number of benzene rings is 1. The minimum Gasteiger partial charge on any atom is -0.339 e. The molecular formula is C19H28N2O3S2. The number of hydrogen-bond acceptors (Lipinski definition) is 5. The van der Waals surface area contributed by atoms with Crippen LogP contribution < -0.4 is 0 Å². The third-order valence-electron chi connectivity index (χ3n) is 5.30. The number of nitrogens with zero attached hydrogens (tertiary/aromatic N) is 2. The number of thioether (sulfide) groups is 1. The Morgan fingerprint density at radius 2 is 1.81 bits per heavy atom. The smallest absolute Gasteiger partial charge is 0.233 e. The first-order valence-electron chi connectivity index (χ1n) is 9.29. The van der Waals surface area contributed by atoms with E-state index in [2.05, 4.69) is 43.0 Å². The van der Waals surface area contributed by atoms with Crippen LogP contribution in [0.5, 0.6) is 0 Å². The Kier molecular flexibility index (Phi) is 6.30. The summed E-state index contributed by atoms with van der Waals surface area (Å²) in [7, 11) is -2.85. The van der Waals surface area contributed by atoms with Crippen LogP contribution >= 0.6 is 11.8 Å². The molecule has 7 heteroatoms. The van der Waals surface area contributed by atoms with Crippen molar-refractivity contribution < 1.29 is 13.2 Å². The van der Waals surface area contributed by atoms with E-state index in [1.54, 1.807) is 11.8 Å². The van der Waals surface area contributed by atoms with Crippen LogP contribution in [0, 0.1) is 0 Å². The Bertz CT molecular complexity index is 724. The zero-order valence-corrected chi connectivity index (χ0v) is 17.2. The van der Waals surface area contributed by atoms with Crippen molar-refractivity contribution in [3.63, 3.8) is 0 Å². The molecule has 1 amide bonds. The number of carbonyl (C=O) groups is 1. The van der Waals surface area contributed by atoms with Crippen LogP contribution in [-0.4, -0.2) is 73.6 Å². The first kappa shape index (κ1) is 19.7. The number of sulfone groups is 1. The van der Waals surface area contributed by atoms with Crippen LogP contribution in [0.15, 0.2) is 29.2 Å². The van der Waals surface area contributed by atoms with Crippen molar-refractivity contribution in [2.75, 3.05) is 43.4 Å². The first-order valence-corrected chi connectivity index (χ1v) is 12.1. The van der Waals surface area contributed by atoms with Gasteiger partial charge in [0.25, 0.3) is 0 Å². The average molecular weight is 397 g/mol. The second-order valence-corrected chi connectivity index (χ2v) is 10.8. The number of rotatable bonds is 5. The monoisotopic (exact) mass is 396 g/mol. The van der Waals surface area contributed by atoms with Crippen molar-refractivity contribution in [2.45, 2.75) is 37.1 Å². The number of carbonyl (C=O) groups excluding carboxylic acids is 1. The van der Waals surface area contributed by atoms with E-state index in [-0.39, 0.29) is 17.7 Å². The van der Waals surface area contributed by atoms with Crippen molar-refractivity contribution in [3.05, 3.63) is 29.8 Å². The van der Waals surface area contributed by atoms with Gasteiger partial charge in [0.05, 0.1) is 17.3 Å². The maximum absolute atomic E-state index is 12.5. The molecular weight excluding hydrogens is 368 g/mol. The van der Waals surface area contributed by atoms with E-state index >= 15 is 0 Å². The SMILES string of the molecule is CC(C)c1ccc(SCC(=O)N2CCN(C3CCS(=O)(=O)C3)CC2)cc1. The maximum atomic E-state index is 12.5. The predicted octanol–water partition coefficient (Wildman–Crippen LogP) is 2.23. The second-order valence-electron chi connectivity index (χ2n) is 7.49. The van der Waals surface area contributed by atoms with E-state index in [0.717, 1.165) is 24.4 Å². The van der Waals surface area contributed by atoms with Crippen LogP contribution in [-0.2, 0) is 14.6 Å². The Hall–Kier alpha value is -1.05. The number of amides is 1. The van der Waals surface area contributed by atoms with E-state index < -0.39 is 9.84 Å². The normalized spacial score (nSPS) is 23.5. The van der Waals surface area contributed by atoms with Crippen LogP contribution in [0.3, 0.4) is 0 Å². The Morgan fingerprint density at radius 1 is 1.15 bits per heavy atom. The standard InChI is InChI=1S/C19H28N2O3S2/c1-15(2)16-3-5-18(6-4-16)25-13-19(22)21-10-8-20(9-11-21)17-7-12-26(23,24)14-17/h3-6,15,17H,7-14H2,1-2H3. The topological polar surface area (TPSA) is 57.7 Å². The third kappa shape index (κ3) is 5.02. The molecule has 2 aliphatic heterocycles. The summed E-state index contributed by atoms with van der Waals surface area (Å²) in [5.41, 5.74) is 1.31. The molecule has 1 atom stereocenters. The summed E-state index contributed by atoms with van der Waals surface area (Å²) in [4.78, 5) is 17.7. The molecule has 1 aromatic carbocycles. The van der Waals surface area contributed by atoms with Gasteiger partial charge < -0.3 is 4.90 Å². The van der Waals surface area contributed by atoms with Crippen molar-refractivity contribution in [3.8, 4) is 0 Å². The van der Waals surface area contributed by atoms with Crippen LogP contribution in [0.2, 0.25) is 0 Å². The summed E-state index contributed by atoms with van der Waals surface area (Å²) < 4.78 is 23.3. The number of piperazine rings is 1. The largest absolute Gasteiger partial charge is 0.339 e. The molecule has 0 bridgehead atoms. The molecule has 3 rings (SSSR count). The van der Waals surface area contributed by atoms with E-state index in [9.17, 15) is 13.2 Å². The molecule has 2 fully saturated rings. The van der Waals surface area contributed by atoms with E-state index in [4.69, 9.17) is 0 Å². The molecule has 0 radical (unpaired) electrons. The highest BCUT2D eigenvalue weighted by atomic mass is 32.2. The molecule has 0 saturated carbocycles. The molecule has 5 nitrogen and oxygen atoms in total. The molecule has 0 N–H and O–H groups in total. The lowest BCUT2D eigenvalue weighted by atomic mass is 10.0. The highest BCUT2D eigenvalue weighted by Crippen LogP contribution is 2.23. The second kappa shape index (κ2) is 8.31. The molecule has 0 aromatic heterocycles. The van der Waals surface area contributed by atoms with Gasteiger partial charge in [0, 0.05) is 37.1 Å². The van der Waals surface area contributed by atoms with Gasteiger partial charge in [0.15, 0.2) is 9.84 Å². The van der Waals surface area contributed by atoms with E-state index in [1.165, 1.54) is 5.56 Å². The van der Waals surface area contributed by atoms with Crippen LogP contribution in [0.1, 0.15) is 31.7 Å². The highest BCUT2D eigenvalue weighted by Gasteiger charge is 2.34. The molecule has 26 heavy (non-hydrogen) atoms. The van der Waals surface area contributed by atoms with Gasteiger partial charge in [-0.15, -0.1) is 11.8 Å². The Labute approximate surface area is 161 Å². The van der Waals surface area contributed by atoms with Gasteiger partial charge >= 0.3 is 0 Å². The highest BCUT2D eigenvalue weighted by molar-refractivity contribution is 8.00. The van der Waals surface area contributed by atoms with Crippen molar-refractivity contribution in [2.24, 2.45) is 0 Å². The van der Waals surface area contributed by atoms with Gasteiger partial charge in [-0.1, -0.05) is 26.0 Å². The minimum absolute atomic E-state index is 0.145. The Balaban J connectivity index is 1.43. The lowest BCUT2D eigenvalue weighted by Gasteiger charge is -2.37. The van der Waals surface area contributed by atoms with E-state index in [0.29, 0.717) is 30.5 Å². The van der Waals surface area contributed by atoms with E-state index in [1.807, 2.05) is 4.90 Å². The molecule has 144 valence electrons. The molecule has 0 aliphatic carbocycles. The Morgan fingerprint density at radius 3 is 2.35 bits per heavy atom. The van der Waals surface area contributed by atoms with Crippen molar-refractivity contribution in [1.82, 2.24) is 9.80 Å². The molecule has 2 aliphatic rings. The van der Waals surface area contributed by atoms with Crippen LogP contribution in [0.4, 0.5) is 0 Å². The predicted molar refractivity (Wildman–Crippen MR) is 106 cm³/mol. The molecule has 1 unspecified atom stereocenters. The van der Waals surface area contributed by atoms with Gasteiger partial charge in [-0.25, -0.2) is 8.42 Å². The maximum Gasteiger partial charge on any atom is 0.233 e. The summed E-state index contributed by atoms with van der Waals surface area (Å²) in [6.45, 7) is 7.29. The van der Waals surface area contributed by atoms with Crippen LogP contribution in [0.25, 0.3) is 0 Å². The van der Waals surface area contributed by atoms with Gasteiger partial charge in [-0.3, -0.25) is 9.69 Å². The lowest BCUT2D eigenvalue weighted by molar-refractivity contribution is -0.130. The lowest BCUT2D eigenvalue weighted by Crippen LogP contribution is -2.52. The summed E-state index contributed by atoms with van der Waals surface area (Å²) in [5, 5.41) is 0. The summed E-state index contributed by atoms with van der Waals surface area (Å²) in [5.74, 6) is 1.73. The van der Waals surface area contributed by atoms with Gasteiger partial charge in [-0.2, -0.15) is 0 Å². The number of hydrogen-bond donors (Lipinski definition) is 0. The van der Waals surface area contributed by atoms with Crippen molar-refractivity contribution >= 4 is 27.5 Å². The molecule has 2 heterocycles. The fourth-order valence-corrected chi connectivity index (χ4v) is 6.15. The van der Waals surface area contributed by atoms with Gasteiger partial charge in [0.1, 0.15) is 0 Å². The fraction of sp³-hybridized carbons (Fsp3) is 0.632. The van der Waals surface area contributed by atoms with Crippen molar-refractivity contribution in [1.29, 1.82) is 0 Å². The quantitative estimate of drug-likeness (QED) is 0.715. The summed E-state index contributed by atoms with van der Waals surface area (Å²) >= 11 is 1.58. The minimum atomic E-state index is -2.85. The molecule has 0 spiro atoms. The zero-order chi connectivity index (χ0) is 18.7. The average Bonchev–Trinajstić information content (AvgIpc) is 3.00. The third-order valence-corrected chi connectivity index (χ3v) is 8.05. The zero-order valence-electron chi connectivity index (χ0n) is 15.6. The van der Waals surface area contributed by atoms with Gasteiger partial charge in [0.2, 0.25) is 5.91 Å². The summed E-state index contributed by atoms with van der Waals surface area (Å²) in [6, 6.07) is 8.58. The first-order chi connectivity index (χ1) is 12.3. The molecule has 1 aromatic rings. The molecule has 2 saturated heterocycles. The van der Waals surface area contributed by atoms with Gasteiger partial charge in [-0.05, 0) is 30.0 Å².